The number of hydrogen-bond donors (Lipinski definition) is 1. The van der Waals surface area contributed by atoms with Crippen LogP contribution in [0, 0.1) is 11.8 Å². The van der Waals surface area contributed by atoms with Crippen molar-refractivity contribution in [2.75, 3.05) is 19.6 Å². The Balaban J connectivity index is 1.72. The van der Waals surface area contributed by atoms with E-state index in [1.54, 1.807) is 0 Å². The Hall–Kier alpha value is -0.570. The lowest BCUT2D eigenvalue weighted by molar-refractivity contribution is -0.132. The maximum Gasteiger partial charge on any atom is 0.236 e. The molecule has 1 saturated carbocycles. The summed E-state index contributed by atoms with van der Waals surface area (Å²) in [5, 5.41) is 3.41. The van der Waals surface area contributed by atoms with E-state index in [2.05, 4.69) is 19.2 Å². The van der Waals surface area contributed by atoms with Crippen LogP contribution in [0.25, 0.3) is 0 Å². The molecule has 2 fully saturated rings. The monoisotopic (exact) mass is 238 g/mol. The largest absolute Gasteiger partial charge is 0.341 e. The number of carbonyl (C=O) groups is 1. The van der Waals surface area contributed by atoms with Crippen LogP contribution >= 0.6 is 0 Å². The number of nitrogens with zero attached hydrogens (tertiary/aromatic N) is 1. The van der Waals surface area contributed by atoms with Crippen LogP contribution in [-0.4, -0.2) is 36.5 Å². The first kappa shape index (κ1) is 12.9. The molecule has 0 bridgehead atoms. The van der Waals surface area contributed by atoms with Gasteiger partial charge >= 0.3 is 0 Å². The van der Waals surface area contributed by atoms with E-state index in [0.717, 1.165) is 25.4 Å². The molecule has 1 heterocycles. The summed E-state index contributed by atoms with van der Waals surface area (Å²) < 4.78 is 0. The molecular weight excluding hydrogens is 212 g/mol. The van der Waals surface area contributed by atoms with Gasteiger partial charge in [-0.05, 0) is 31.1 Å². The first-order chi connectivity index (χ1) is 8.16. The molecule has 2 unspecified atom stereocenters. The van der Waals surface area contributed by atoms with Crippen molar-refractivity contribution in [2.24, 2.45) is 11.8 Å². The highest BCUT2D eigenvalue weighted by atomic mass is 16.2. The van der Waals surface area contributed by atoms with Crippen LogP contribution in [0.1, 0.15) is 46.0 Å². The first-order valence-electron chi connectivity index (χ1n) is 7.18. The van der Waals surface area contributed by atoms with Crippen LogP contribution in [-0.2, 0) is 4.79 Å². The molecular formula is C14H26N2O. The van der Waals surface area contributed by atoms with Gasteiger partial charge in [0.05, 0.1) is 6.54 Å². The zero-order chi connectivity index (χ0) is 12.3. The van der Waals surface area contributed by atoms with Crippen LogP contribution in [0.5, 0.6) is 0 Å². The van der Waals surface area contributed by atoms with Crippen LogP contribution in [0.4, 0.5) is 0 Å². The Morgan fingerprint density at radius 3 is 2.53 bits per heavy atom. The molecule has 3 nitrogen and oxygen atoms in total. The van der Waals surface area contributed by atoms with E-state index in [1.807, 2.05) is 4.90 Å². The lowest BCUT2D eigenvalue weighted by Crippen LogP contribution is -2.46. The van der Waals surface area contributed by atoms with Crippen LogP contribution < -0.4 is 5.32 Å². The van der Waals surface area contributed by atoms with Crippen molar-refractivity contribution in [3.63, 3.8) is 0 Å². The minimum atomic E-state index is 0.302. The third kappa shape index (κ3) is 3.44. The van der Waals surface area contributed by atoms with Gasteiger partial charge in [0.1, 0.15) is 0 Å². The zero-order valence-corrected chi connectivity index (χ0v) is 11.2. The first-order valence-corrected chi connectivity index (χ1v) is 7.18. The molecule has 17 heavy (non-hydrogen) atoms. The van der Waals surface area contributed by atoms with Gasteiger partial charge in [0.15, 0.2) is 0 Å². The third-order valence-electron chi connectivity index (χ3n) is 4.58. The van der Waals surface area contributed by atoms with Crippen molar-refractivity contribution in [3.8, 4) is 0 Å². The summed E-state index contributed by atoms with van der Waals surface area (Å²) in [6, 6.07) is 0.597. The van der Waals surface area contributed by atoms with E-state index in [-0.39, 0.29) is 0 Å². The minimum absolute atomic E-state index is 0.302. The van der Waals surface area contributed by atoms with E-state index in [9.17, 15) is 4.79 Å². The molecule has 0 aromatic carbocycles. The van der Waals surface area contributed by atoms with Crippen LogP contribution in [0.3, 0.4) is 0 Å². The Morgan fingerprint density at radius 2 is 1.88 bits per heavy atom. The predicted octanol–water partition coefficient (Wildman–Crippen LogP) is 2.02. The lowest BCUT2D eigenvalue weighted by Gasteiger charge is -2.35. The Morgan fingerprint density at radius 1 is 1.18 bits per heavy atom. The average Bonchev–Trinajstić information content (AvgIpc) is 2.82. The molecule has 1 amide bonds. The maximum absolute atomic E-state index is 12.1. The summed E-state index contributed by atoms with van der Waals surface area (Å²) in [6.45, 7) is 7.01. The van der Waals surface area contributed by atoms with Crippen molar-refractivity contribution in [3.05, 3.63) is 0 Å². The van der Waals surface area contributed by atoms with Crippen molar-refractivity contribution < 1.29 is 4.79 Å². The van der Waals surface area contributed by atoms with Crippen LogP contribution in [0.15, 0.2) is 0 Å². The Kier molecular flexibility index (Phi) is 4.43. The third-order valence-corrected chi connectivity index (χ3v) is 4.58. The number of likely N-dealkylation sites (tertiary alicyclic amines) is 1. The molecule has 1 aliphatic carbocycles. The van der Waals surface area contributed by atoms with Crippen molar-refractivity contribution in [1.82, 2.24) is 10.2 Å². The summed E-state index contributed by atoms with van der Waals surface area (Å²) in [4.78, 5) is 14.1. The van der Waals surface area contributed by atoms with Gasteiger partial charge in [-0.25, -0.2) is 0 Å². The van der Waals surface area contributed by atoms with Gasteiger partial charge in [0.25, 0.3) is 0 Å². The fraction of sp³-hybridized carbons (Fsp3) is 0.929. The number of nitrogens with one attached hydrogen (secondary N) is 1. The highest BCUT2D eigenvalue weighted by Crippen LogP contribution is 2.22. The molecule has 3 heteroatoms. The SMILES string of the molecule is CC1CCN(C(=O)CNC2CCCC2)CC1C. The van der Waals surface area contributed by atoms with Gasteiger partial charge in [-0.15, -0.1) is 0 Å². The van der Waals surface area contributed by atoms with Gasteiger partial charge < -0.3 is 10.2 Å². The second kappa shape index (κ2) is 5.85. The Labute approximate surface area is 105 Å². The summed E-state index contributed by atoms with van der Waals surface area (Å²) in [7, 11) is 0. The fourth-order valence-corrected chi connectivity index (χ4v) is 2.96. The van der Waals surface area contributed by atoms with E-state index in [4.69, 9.17) is 0 Å². The summed E-state index contributed by atoms with van der Waals surface area (Å²) >= 11 is 0. The molecule has 0 radical (unpaired) electrons. The molecule has 0 spiro atoms. The van der Waals surface area contributed by atoms with E-state index >= 15 is 0 Å². The van der Waals surface area contributed by atoms with E-state index in [0.29, 0.717) is 24.4 Å². The topological polar surface area (TPSA) is 32.3 Å². The second-order valence-corrected chi connectivity index (χ2v) is 5.95. The second-order valence-electron chi connectivity index (χ2n) is 5.95. The summed E-state index contributed by atoms with van der Waals surface area (Å²) in [5.41, 5.74) is 0. The van der Waals surface area contributed by atoms with Crippen LogP contribution in [0.2, 0.25) is 0 Å². The van der Waals surface area contributed by atoms with Gasteiger partial charge in [-0.3, -0.25) is 4.79 Å². The quantitative estimate of drug-likeness (QED) is 0.816. The van der Waals surface area contributed by atoms with Crippen molar-refractivity contribution >= 4 is 5.91 Å². The molecule has 98 valence electrons. The summed E-state index contributed by atoms with van der Waals surface area (Å²) in [5.74, 6) is 1.72. The normalized spacial score (nSPS) is 30.8. The van der Waals surface area contributed by atoms with Gasteiger partial charge in [0, 0.05) is 19.1 Å². The molecule has 2 atom stereocenters. The molecule has 2 aliphatic rings. The van der Waals surface area contributed by atoms with Gasteiger partial charge in [-0.1, -0.05) is 26.7 Å². The molecule has 0 aromatic heterocycles. The number of carbonyl (C=O) groups excluding carboxylic acids is 1. The molecule has 1 aliphatic heterocycles. The maximum atomic E-state index is 12.1. The number of rotatable bonds is 3. The van der Waals surface area contributed by atoms with Crippen molar-refractivity contribution in [1.29, 1.82) is 0 Å². The number of piperidine rings is 1. The highest BCUT2D eigenvalue weighted by molar-refractivity contribution is 5.78. The fourth-order valence-electron chi connectivity index (χ4n) is 2.96. The lowest BCUT2D eigenvalue weighted by atomic mass is 9.89. The average molecular weight is 238 g/mol. The standard InChI is InChI=1S/C14H26N2O/c1-11-7-8-16(10-12(11)2)14(17)9-15-13-5-3-4-6-13/h11-13,15H,3-10H2,1-2H3. The van der Waals surface area contributed by atoms with E-state index in [1.165, 1.54) is 25.7 Å². The number of amides is 1. The highest BCUT2D eigenvalue weighted by Gasteiger charge is 2.26. The molecule has 0 aromatic rings. The smallest absolute Gasteiger partial charge is 0.236 e. The Bertz CT molecular complexity index is 261. The molecule has 1 saturated heterocycles. The van der Waals surface area contributed by atoms with Crippen molar-refractivity contribution in [2.45, 2.75) is 52.0 Å². The zero-order valence-electron chi connectivity index (χ0n) is 11.2. The summed E-state index contributed by atoms with van der Waals surface area (Å²) in [6.07, 6.45) is 6.31. The minimum Gasteiger partial charge on any atom is -0.341 e. The molecule has 1 N–H and O–H groups in total. The molecule has 2 rings (SSSR count). The van der Waals surface area contributed by atoms with E-state index < -0.39 is 0 Å². The predicted molar refractivity (Wildman–Crippen MR) is 69.8 cm³/mol. The number of hydrogen-bond acceptors (Lipinski definition) is 2. The van der Waals surface area contributed by atoms with Gasteiger partial charge in [-0.2, -0.15) is 0 Å². The van der Waals surface area contributed by atoms with Gasteiger partial charge in [0.2, 0.25) is 5.91 Å².